The van der Waals surface area contributed by atoms with Crippen LogP contribution in [-0.4, -0.2) is 47.6 Å². The predicted molar refractivity (Wildman–Crippen MR) is 86.5 cm³/mol. The van der Waals surface area contributed by atoms with Crippen LogP contribution in [0, 0.1) is 0 Å². The Bertz CT molecular complexity index is 566. The Hall–Kier alpha value is -2.15. The molecule has 2 rings (SSSR count). The smallest absolute Gasteiger partial charge is 0.217 e. The zero-order chi connectivity index (χ0) is 16.3. The molecule has 1 unspecified atom stereocenters. The highest BCUT2D eigenvalue weighted by molar-refractivity contribution is 5.26. The largest absolute Gasteiger partial charge is 0.489 e. The number of nitrogens with zero attached hydrogens (tertiary/aromatic N) is 1. The number of ether oxygens (including phenoxy) is 2. The van der Waals surface area contributed by atoms with E-state index in [1.54, 1.807) is 18.3 Å². The van der Waals surface area contributed by atoms with Crippen LogP contribution in [0.25, 0.3) is 0 Å². The second kappa shape index (κ2) is 9.78. The first kappa shape index (κ1) is 17.2. The van der Waals surface area contributed by atoms with Gasteiger partial charge in [-0.15, -0.1) is 0 Å². The van der Waals surface area contributed by atoms with E-state index in [4.69, 9.17) is 14.6 Å². The van der Waals surface area contributed by atoms with E-state index in [0.29, 0.717) is 31.3 Å². The second-order valence-electron chi connectivity index (χ2n) is 5.00. The molecular weight excluding hydrogens is 296 g/mol. The van der Waals surface area contributed by atoms with Gasteiger partial charge in [-0.05, 0) is 11.6 Å². The number of aromatic nitrogens is 1. The lowest BCUT2D eigenvalue weighted by molar-refractivity contribution is 0.102. The standard InChI is InChI=1S/C17H22N2O4/c20-9-8-18-11-15(21)13-23-17-10-16(6-7-19-17)22-12-14-4-2-1-3-5-14/h1-7,10,15,18,20-21H,8-9,11-13H2. The quantitative estimate of drug-likeness (QED) is 0.567. The van der Waals surface area contributed by atoms with Crippen molar-refractivity contribution in [2.45, 2.75) is 12.7 Å². The highest BCUT2D eigenvalue weighted by Gasteiger charge is 2.06. The van der Waals surface area contributed by atoms with Crippen LogP contribution in [0.1, 0.15) is 5.56 Å². The number of rotatable bonds is 10. The molecule has 124 valence electrons. The molecule has 0 aliphatic carbocycles. The molecule has 0 spiro atoms. The molecule has 0 amide bonds. The summed E-state index contributed by atoms with van der Waals surface area (Å²) in [5, 5.41) is 21.3. The predicted octanol–water partition coefficient (Wildman–Crippen LogP) is 0.982. The van der Waals surface area contributed by atoms with E-state index in [9.17, 15) is 5.11 Å². The molecule has 6 heteroatoms. The maximum absolute atomic E-state index is 9.73. The molecule has 0 aliphatic rings. The van der Waals surface area contributed by atoms with Crippen molar-refractivity contribution in [2.24, 2.45) is 0 Å². The van der Waals surface area contributed by atoms with E-state index in [1.807, 2.05) is 30.3 Å². The Morgan fingerprint density at radius 1 is 1.13 bits per heavy atom. The summed E-state index contributed by atoms with van der Waals surface area (Å²) in [5.74, 6) is 1.06. The number of aliphatic hydroxyl groups is 2. The molecule has 23 heavy (non-hydrogen) atoms. The van der Waals surface area contributed by atoms with Crippen molar-refractivity contribution >= 4 is 0 Å². The Labute approximate surface area is 135 Å². The topological polar surface area (TPSA) is 83.8 Å². The van der Waals surface area contributed by atoms with Gasteiger partial charge in [-0.3, -0.25) is 0 Å². The maximum Gasteiger partial charge on any atom is 0.217 e. The monoisotopic (exact) mass is 318 g/mol. The molecule has 0 bridgehead atoms. The van der Waals surface area contributed by atoms with Gasteiger partial charge in [0.15, 0.2) is 0 Å². The minimum Gasteiger partial charge on any atom is -0.489 e. The van der Waals surface area contributed by atoms with Crippen LogP contribution >= 0.6 is 0 Å². The Kier molecular flexibility index (Phi) is 7.32. The third-order valence-electron chi connectivity index (χ3n) is 3.05. The van der Waals surface area contributed by atoms with Gasteiger partial charge in [0, 0.05) is 25.4 Å². The highest BCUT2D eigenvalue weighted by atomic mass is 16.5. The second-order valence-corrected chi connectivity index (χ2v) is 5.00. The van der Waals surface area contributed by atoms with Gasteiger partial charge in [-0.1, -0.05) is 30.3 Å². The molecule has 1 heterocycles. The summed E-state index contributed by atoms with van der Waals surface area (Å²) in [6.45, 7) is 1.42. The lowest BCUT2D eigenvalue weighted by atomic mass is 10.2. The van der Waals surface area contributed by atoms with Gasteiger partial charge in [0.1, 0.15) is 25.1 Å². The van der Waals surface area contributed by atoms with Gasteiger partial charge in [-0.25, -0.2) is 4.98 Å². The lowest BCUT2D eigenvalue weighted by Gasteiger charge is -2.13. The minimum atomic E-state index is -0.669. The summed E-state index contributed by atoms with van der Waals surface area (Å²) in [6, 6.07) is 13.3. The Balaban J connectivity index is 1.78. The lowest BCUT2D eigenvalue weighted by Crippen LogP contribution is -2.33. The first-order valence-corrected chi connectivity index (χ1v) is 7.53. The van der Waals surface area contributed by atoms with Gasteiger partial charge in [0.2, 0.25) is 5.88 Å². The molecule has 0 aliphatic heterocycles. The zero-order valence-corrected chi connectivity index (χ0v) is 12.9. The van der Waals surface area contributed by atoms with Gasteiger partial charge >= 0.3 is 0 Å². The molecule has 0 saturated heterocycles. The van der Waals surface area contributed by atoms with E-state index in [0.717, 1.165) is 5.56 Å². The average molecular weight is 318 g/mol. The van der Waals surface area contributed by atoms with Crippen molar-refractivity contribution in [1.29, 1.82) is 0 Å². The fourth-order valence-corrected chi connectivity index (χ4v) is 1.89. The number of hydrogen-bond acceptors (Lipinski definition) is 6. The number of hydrogen-bond donors (Lipinski definition) is 3. The van der Waals surface area contributed by atoms with Crippen molar-refractivity contribution in [3.63, 3.8) is 0 Å². The summed E-state index contributed by atoms with van der Waals surface area (Å²) in [7, 11) is 0. The third kappa shape index (κ3) is 6.65. The molecular formula is C17H22N2O4. The van der Waals surface area contributed by atoms with E-state index in [2.05, 4.69) is 10.3 Å². The fraction of sp³-hybridized carbons (Fsp3) is 0.353. The van der Waals surface area contributed by atoms with Crippen LogP contribution in [-0.2, 0) is 6.61 Å². The molecule has 1 atom stereocenters. The maximum atomic E-state index is 9.73. The number of aliphatic hydroxyl groups excluding tert-OH is 2. The van der Waals surface area contributed by atoms with Crippen LogP contribution in [0.5, 0.6) is 11.6 Å². The van der Waals surface area contributed by atoms with Crippen LogP contribution < -0.4 is 14.8 Å². The third-order valence-corrected chi connectivity index (χ3v) is 3.05. The summed E-state index contributed by atoms with van der Waals surface area (Å²) in [4.78, 5) is 4.09. The molecule has 3 N–H and O–H groups in total. The normalized spacial score (nSPS) is 11.9. The molecule has 0 radical (unpaired) electrons. The minimum absolute atomic E-state index is 0.0376. The zero-order valence-electron chi connectivity index (χ0n) is 12.9. The van der Waals surface area contributed by atoms with Crippen LogP contribution in [0.15, 0.2) is 48.7 Å². The summed E-state index contributed by atoms with van der Waals surface area (Å²) >= 11 is 0. The number of pyridine rings is 1. The molecule has 2 aromatic rings. The van der Waals surface area contributed by atoms with Crippen molar-refractivity contribution < 1.29 is 19.7 Å². The molecule has 0 saturated carbocycles. The summed E-state index contributed by atoms with van der Waals surface area (Å²) in [5.41, 5.74) is 1.08. The van der Waals surface area contributed by atoms with Gasteiger partial charge in [0.25, 0.3) is 0 Å². The van der Waals surface area contributed by atoms with E-state index >= 15 is 0 Å². The summed E-state index contributed by atoms with van der Waals surface area (Å²) in [6.07, 6.45) is 0.934. The van der Waals surface area contributed by atoms with Gasteiger partial charge in [0.05, 0.1) is 6.61 Å². The SMILES string of the molecule is OCCNCC(O)COc1cc(OCc2ccccc2)ccn1. The van der Waals surface area contributed by atoms with E-state index in [1.165, 1.54) is 0 Å². The average Bonchev–Trinajstić information content (AvgIpc) is 2.60. The van der Waals surface area contributed by atoms with E-state index < -0.39 is 6.10 Å². The van der Waals surface area contributed by atoms with Crippen LogP contribution in [0.4, 0.5) is 0 Å². The number of benzene rings is 1. The molecule has 6 nitrogen and oxygen atoms in total. The fourth-order valence-electron chi connectivity index (χ4n) is 1.89. The van der Waals surface area contributed by atoms with Crippen molar-refractivity contribution in [2.75, 3.05) is 26.3 Å². The first-order valence-electron chi connectivity index (χ1n) is 7.53. The van der Waals surface area contributed by atoms with Crippen molar-refractivity contribution in [3.05, 3.63) is 54.2 Å². The molecule has 1 aromatic heterocycles. The van der Waals surface area contributed by atoms with Gasteiger partial charge < -0.3 is 25.0 Å². The Morgan fingerprint density at radius 3 is 2.74 bits per heavy atom. The first-order chi connectivity index (χ1) is 11.3. The molecule has 1 aromatic carbocycles. The number of nitrogens with one attached hydrogen (secondary N) is 1. The van der Waals surface area contributed by atoms with Crippen LogP contribution in [0.3, 0.4) is 0 Å². The van der Waals surface area contributed by atoms with Crippen LogP contribution in [0.2, 0.25) is 0 Å². The van der Waals surface area contributed by atoms with Crippen molar-refractivity contribution in [3.8, 4) is 11.6 Å². The Morgan fingerprint density at radius 2 is 1.96 bits per heavy atom. The summed E-state index contributed by atoms with van der Waals surface area (Å²) < 4.78 is 11.1. The van der Waals surface area contributed by atoms with E-state index in [-0.39, 0.29) is 13.2 Å². The molecule has 0 fully saturated rings. The van der Waals surface area contributed by atoms with Crippen molar-refractivity contribution in [1.82, 2.24) is 10.3 Å². The highest BCUT2D eigenvalue weighted by Crippen LogP contribution is 2.17. The van der Waals surface area contributed by atoms with Gasteiger partial charge in [-0.2, -0.15) is 0 Å².